The van der Waals surface area contributed by atoms with Gasteiger partial charge in [-0.25, -0.2) is 0 Å². The number of hydrogen-bond donors (Lipinski definition) is 1. The van der Waals surface area contributed by atoms with Crippen molar-refractivity contribution in [2.75, 3.05) is 32.7 Å². The van der Waals surface area contributed by atoms with E-state index in [9.17, 15) is 4.79 Å². The second-order valence-electron chi connectivity index (χ2n) is 6.66. The topological polar surface area (TPSA) is 35.6 Å². The van der Waals surface area contributed by atoms with Crippen molar-refractivity contribution in [2.45, 2.75) is 63.5 Å². The van der Waals surface area contributed by atoms with Crippen LogP contribution in [-0.4, -0.2) is 60.5 Å². The van der Waals surface area contributed by atoms with Crippen LogP contribution in [0.5, 0.6) is 0 Å². The van der Waals surface area contributed by atoms with Crippen LogP contribution in [0.15, 0.2) is 0 Å². The van der Waals surface area contributed by atoms with E-state index in [1.807, 2.05) is 0 Å². The zero-order chi connectivity index (χ0) is 13.8. The average molecular weight is 352 g/mol. The van der Waals surface area contributed by atoms with Gasteiger partial charge in [-0.15, -0.1) is 24.8 Å². The van der Waals surface area contributed by atoms with Gasteiger partial charge in [0.25, 0.3) is 0 Å². The lowest BCUT2D eigenvalue weighted by molar-refractivity contribution is -0.133. The Morgan fingerprint density at radius 3 is 2.23 bits per heavy atom. The summed E-state index contributed by atoms with van der Waals surface area (Å²) in [5.41, 5.74) is 0. The van der Waals surface area contributed by atoms with Crippen LogP contribution < -0.4 is 5.32 Å². The molecule has 2 aliphatic heterocycles. The highest BCUT2D eigenvalue weighted by atomic mass is 35.5. The Kier molecular flexibility index (Phi) is 9.07. The van der Waals surface area contributed by atoms with Crippen LogP contribution in [0.4, 0.5) is 0 Å². The second-order valence-corrected chi connectivity index (χ2v) is 6.66. The number of amides is 1. The van der Waals surface area contributed by atoms with Crippen LogP contribution in [0.2, 0.25) is 0 Å². The molecule has 22 heavy (non-hydrogen) atoms. The lowest BCUT2D eigenvalue weighted by Gasteiger charge is -2.30. The summed E-state index contributed by atoms with van der Waals surface area (Å²) in [6.45, 7) is 5.18. The molecule has 0 radical (unpaired) electrons. The van der Waals surface area contributed by atoms with Gasteiger partial charge in [0.15, 0.2) is 0 Å². The van der Waals surface area contributed by atoms with E-state index in [-0.39, 0.29) is 30.9 Å². The van der Waals surface area contributed by atoms with E-state index in [1.165, 1.54) is 45.1 Å². The molecule has 3 fully saturated rings. The van der Waals surface area contributed by atoms with Crippen molar-refractivity contribution in [1.29, 1.82) is 0 Å². The third-order valence-corrected chi connectivity index (χ3v) is 5.29. The number of rotatable bonds is 2. The van der Waals surface area contributed by atoms with Gasteiger partial charge in [0, 0.05) is 32.2 Å². The minimum Gasteiger partial charge on any atom is -0.340 e. The number of carbonyl (C=O) groups excluding carboxylic acids is 1. The van der Waals surface area contributed by atoms with E-state index in [0.717, 1.165) is 45.1 Å². The van der Waals surface area contributed by atoms with E-state index >= 15 is 0 Å². The van der Waals surface area contributed by atoms with Crippen LogP contribution in [0.1, 0.15) is 51.4 Å². The highest BCUT2D eigenvalue weighted by Gasteiger charge is 2.29. The first-order valence-electron chi connectivity index (χ1n) is 8.61. The molecule has 0 bridgehead atoms. The number of carbonyl (C=O) groups is 1. The molecule has 3 aliphatic rings. The minimum atomic E-state index is 0. The maximum Gasteiger partial charge on any atom is 0.239 e. The summed E-state index contributed by atoms with van der Waals surface area (Å²) in [6.07, 6.45) is 10.1. The third-order valence-electron chi connectivity index (χ3n) is 5.29. The van der Waals surface area contributed by atoms with E-state index in [4.69, 9.17) is 0 Å². The minimum absolute atomic E-state index is 0. The SMILES string of the molecule is Cl.Cl.O=C([C@H]1CCCCN1)N1CCCN(C2CCCC2)CC1. The standard InChI is InChI=1S/C16H29N3O.2ClH/c20-16(15-8-3-4-9-17-15)19-11-5-10-18(12-13-19)14-6-1-2-7-14;;/h14-15,17H,1-13H2;2*1H/t15-;;/m1../s1. The predicted molar refractivity (Wildman–Crippen MR) is 95.2 cm³/mol. The van der Waals surface area contributed by atoms with E-state index in [0.29, 0.717) is 5.91 Å². The lowest BCUT2D eigenvalue weighted by atomic mass is 10.0. The molecule has 3 rings (SSSR count). The van der Waals surface area contributed by atoms with E-state index < -0.39 is 0 Å². The summed E-state index contributed by atoms with van der Waals surface area (Å²) < 4.78 is 0. The Bertz CT molecular complexity index is 331. The molecule has 1 atom stereocenters. The van der Waals surface area contributed by atoms with Crippen LogP contribution in [0.3, 0.4) is 0 Å². The molecule has 4 nitrogen and oxygen atoms in total. The molecule has 130 valence electrons. The first-order chi connectivity index (χ1) is 9.84. The van der Waals surface area contributed by atoms with Crippen LogP contribution >= 0.6 is 24.8 Å². The van der Waals surface area contributed by atoms with Gasteiger partial charge >= 0.3 is 0 Å². The number of nitrogens with zero attached hydrogens (tertiary/aromatic N) is 2. The maximum atomic E-state index is 12.6. The predicted octanol–water partition coefficient (Wildman–Crippen LogP) is 2.45. The van der Waals surface area contributed by atoms with Crippen molar-refractivity contribution in [3.8, 4) is 0 Å². The molecule has 1 saturated carbocycles. The molecule has 1 aliphatic carbocycles. The van der Waals surface area contributed by atoms with Crippen molar-refractivity contribution in [2.24, 2.45) is 0 Å². The second kappa shape index (κ2) is 9.96. The summed E-state index contributed by atoms with van der Waals surface area (Å²) >= 11 is 0. The Hall–Kier alpha value is -0.0300. The Morgan fingerprint density at radius 1 is 0.818 bits per heavy atom. The quantitative estimate of drug-likeness (QED) is 0.829. The van der Waals surface area contributed by atoms with Crippen molar-refractivity contribution in [1.82, 2.24) is 15.1 Å². The smallest absolute Gasteiger partial charge is 0.239 e. The van der Waals surface area contributed by atoms with Crippen molar-refractivity contribution in [3.05, 3.63) is 0 Å². The number of hydrogen-bond acceptors (Lipinski definition) is 3. The van der Waals surface area contributed by atoms with Crippen molar-refractivity contribution < 1.29 is 4.79 Å². The highest BCUT2D eigenvalue weighted by molar-refractivity contribution is 5.85. The molecule has 0 aromatic heterocycles. The maximum absolute atomic E-state index is 12.6. The number of nitrogens with one attached hydrogen (secondary N) is 1. The van der Waals surface area contributed by atoms with E-state index in [2.05, 4.69) is 15.1 Å². The summed E-state index contributed by atoms with van der Waals surface area (Å²) in [6, 6.07) is 0.902. The van der Waals surface area contributed by atoms with Gasteiger partial charge in [0.05, 0.1) is 6.04 Å². The third kappa shape index (κ3) is 4.98. The summed E-state index contributed by atoms with van der Waals surface area (Å²) in [5.74, 6) is 0.359. The molecule has 6 heteroatoms. The summed E-state index contributed by atoms with van der Waals surface area (Å²) in [4.78, 5) is 17.3. The Morgan fingerprint density at radius 2 is 1.55 bits per heavy atom. The van der Waals surface area contributed by atoms with Crippen LogP contribution in [0.25, 0.3) is 0 Å². The largest absolute Gasteiger partial charge is 0.340 e. The summed E-state index contributed by atoms with van der Waals surface area (Å²) in [7, 11) is 0. The Balaban J connectivity index is 0.00000121. The normalized spacial score (nSPS) is 27.6. The molecular formula is C16H31Cl2N3O. The average Bonchev–Trinajstić information content (AvgIpc) is 2.92. The lowest BCUT2D eigenvalue weighted by Crippen LogP contribution is -2.49. The van der Waals surface area contributed by atoms with Crippen LogP contribution in [-0.2, 0) is 4.79 Å². The van der Waals surface area contributed by atoms with Gasteiger partial charge < -0.3 is 10.2 Å². The molecule has 1 N–H and O–H groups in total. The molecule has 0 aromatic carbocycles. The van der Waals surface area contributed by atoms with E-state index in [1.54, 1.807) is 0 Å². The molecule has 0 unspecified atom stereocenters. The number of piperidine rings is 1. The van der Waals surface area contributed by atoms with Gasteiger partial charge in [0.2, 0.25) is 5.91 Å². The first-order valence-corrected chi connectivity index (χ1v) is 8.61. The van der Waals surface area contributed by atoms with Gasteiger partial charge in [0.1, 0.15) is 0 Å². The number of halogens is 2. The molecular weight excluding hydrogens is 321 g/mol. The zero-order valence-corrected chi connectivity index (χ0v) is 15.1. The fourth-order valence-electron chi connectivity index (χ4n) is 4.08. The molecule has 2 saturated heterocycles. The highest BCUT2D eigenvalue weighted by Crippen LogP contribution is 2.24. The van der Waals surface area contributed by atoms with Crippen molar-refractivity contribution in [3.63, 3.8) is 0 Å². The zero-order valence-electron chi connectivity index (χ0n) is 13.5. The molecule has 0 aromatic rings. The molecule has 0 spiro atoms. The summed E-state index contributed by atoms with van der Waals surface area (Å²) in [5, 5.41) is 3.40. The van der Waals surface area contributed by atoms with Crippen LogP contribution in [0, 0.1) is 0 Å². The molecule has 2 heterocycles. The van der Waals surface area contributed by atoms with Gasteiger partial charge in [-0.05, 0) is 38.6 Å². The fraction of sp³-hybridized carbons (Fsp3) is 0.938. The van der Waals surface area contributed by atoms with Gasteiger partial charge in [-0.3, -0.25) is 9.69 Å². The first kappa shape index (κ1) is 20.0. The fourth-order valence-corrected chi connectivity index (χ4v) is 4.08. The Labute approximate surface area is 147 Å². The monoisotopic (exact) mass is 351 g/mol. The van der Waals surface area contributed by atoms with Gasteiger partial charge in [-0.1, -0.05) is 19.3 Å². The van der Waals surface area contributed by atoms with Gasteiger partial charge in [-0.2, -0.15) is 0 Å². The van der Waals surface area contributed by atoms with Crippen molar-refractivity contribution >= 4 is 30.7 Å². The molecule has 1 amide bonds.